The second kappa shape index (κ2) is 5.30. The molecule has 3 rings (SSSR count). The van der Waals surface area contributed by atoms with Crippen LogP contribution < -0.4 is 0 Å². The van der Waals surface area contributed by atoms with Gasteiger partial charge >= 0.3 is 0 Å². The van der Waals surface area contributed by atoms with Gasteiger partial charge < -0.3 is 0 Å². The lowest BCUT2D eigenvalue weighted by molar-refractivity contribution is 0.103. The van der Waals surface area contributed by atoms with Crippen LogP contribution in [0.5, 0.6) is 0 Å². The summed E-state index contributed by atoms with van der Waals surface area (Å²) >= 11 is 3.49. The molecule has 3 heteroatoms. The summed E-state index contributed by atoms with van der Waals surface area (Å²) in [6.07, 6.45) is 12.6. The van der Waals surface area contributed by atoms with Gasteiger partial charge in [0.2, 0.25) is 0 Å². The van der Waals surface area contributed by atoms with Gasteiger partial charge in [-0.3, -0.25) is 9.88 Å². The molecule has 0 unspecified atom stereocenters. The van der Waals surface area contributed by atoms with Crippen LogP contribution in [0, 0.1) is 5.41 Å². The van der Waals surface area contributed by atoms with Gasteiger partial charge in [-0.25, -0.2) is 0 Å². The molecule has 0 amide bonds. The van der Waals surface area contributed by atoms with Crippen LogP contribution in [0.15, 0.2) is 22.9 Å². The predicted molar refractivity (Wildman–Crippen MR) is 77.3 cm³/mol. The Hall–Kier alpha value is -0.410. The van der Waals surface area contributed by atoms with Crippen LogP contribution in [0.4, 0.5) is 0 Å². The highest BCUT2D eigenvalue weighted by Gasteiger charge is 2.36. The maximum Gasteiger partial charge on any atom is 0.0410 e. The molecule has 0 N–H and O–H groups in total. The van der Waals surface area contributed by atoms with Crippen LogP contribution in [0.1, 0.15) is 44.1 Å². The van der Waals surface area contributed by atoms with Gasteiger partial charge in [-0.05, 0) is 71.7 Å². The summed E-state index contributed by atoms with van der Waals surface area (Å²) in [7, 11) is 0. The molecule has 0 atom stereocenters. The largest absolute Gasteiger partial charge is 0.299 e. The maximum absolute atomic E-state index is 4.25. The van der Waals surface area contributed by atoms with E-state index in [4.69, 9.17) is 0 Å². The van der Waals surface area contributed by atoms with Gasteiger partial charge in [0, 0.05) is 23.4 Å². The number of nitrogens with zero attached hydrogens (tertiary/aromatic N) is 2. The van der Waals surface area contributed by atoms with Gasteiger partial charge in [0.1, 0.15) is 0 Å². The van der Waals surface area contributed by atoms with Gasteiger partial charge in [-0.15, -0.1) is 0 Å². The molecule has 2 aliphatic rings. The molecule has 0 aromatic carbocycles. The maximum atomic E-state index is 4.25. The van der Waals surface area contributed by atoms with E-state index in [9.17, 15) is 0 Å². The first-order chi connectivity index (χ1) is 8.76. The van der Waals surface area contributed by atoms with Crippen molar-refractivity contribution in [1.82, 2.24) is 9.88 Å². The Morgan fingerprint density at radius 3 is 2.50 bits per heavy atom. The Bertz CT molecular complexity index is 403. The number of pyridine rings is 1. The molecular weight excluding hydrogens is 288 g/mol. The first-order valence-electron chi connectivity index (χ1n) is 7.08. The highest BCUT2D eigenvalue weighted by Crippen LogP contribution is 2.46. The number of halogens is 1. The van der Waals surface area contributed by atoms with E-state index in [1.54, 1.807) is 0 Å². The Labute approximate surface area is 118 Å². The average molecular weight is 309 g/mol. The van der Waals surface area contributed by atoms with E-state index in [1.165, 1.54) is 57.2 Å². The zero-order valence-corrected chi connectivity index (χ0v) is 12.5. The smallest absolute Gasteiger partial charge is 0.0410 e. The molecular formula is C15H21BrN2. The molecule has 18 heavy (non-hydrogen) atoms. The number of hydrogen-bond donors (Lipinski definition) is 0. The number of aromatic nitrogens is 1. The van der Waals surface area contributed by atoms with E-state index in [-0.39, 0.29) is 0 Å². The molecule has 0 bridgehead atoms. The lowest BCUT2D eigenvalue weighted by atomic mass is 9.77. The van der Waals surface area contributed by atoms with Gasteiger partial charge in [-0.2, -0.15) is 0 Å². The molecule has 1 spiro atoms. The fraction of sp³-hybridized carbons (Fsp3) is 0.667. The van der Waals surface area contributed by atoms with Gasteiger partial charge in [0.25, 0.3) is 0 Å². The highest BCUT2D eigenvalue weighted by atomic mass is 79.9. The number of hydrogen-bond acceptors (Lipinski definition) is 2. The summed E-state index contributed by atoms with van der Waals surface area (Å²) in [5, 5.41) is 0. The molecule has 1 aromatic heterocycles. The van der Waals surface area contributed by atoms with Crippen molar-refractivity contribution in [3.63, 3.8) is 0 Å². The third-order valence-electron chi connectivity index (χ3n) is 4.75. The molecule has 98 valence electrons. The van der Waals surface area contributed by atoms with Crippen LogP contribution in [0.2, 0.25) is 0 Å². The summed E-state index contributed by atoms with van der Waals surface area (Å²) in [4.78, 5) is 6.84. The average Bonchev–Trinajstić information content (AvgIpc) is 2.81. The molecule has 1 aliphatic carbocycles. The topological polar surface area (TPSA) is 16.1 Å². The van der Waals surface area contributed by atoms with Crippen LogP contribution >= 0.6 is 15.9 Å². The van der Waals surface area contributed by atoms with Crippen molar-refractivity contribution in [2.24, 2.45) is 5.41 Å². The van der Waals surface area contributed by atoms with Crippen molar-refractivity contribution in [1.29, 1.82) is 0 Å². The van der Waals surface area contributed by atoms with Crippen LogP contribution in [0.3, 0.4) is 0 Å². The summed E-state index contributed by atoms with van der Waals surface area (Å²) in [5.74, 6) is 0. The van der Waals surface area contributed by atoms with E-state index < -0.39 is 0 Å². The van der Waals surface area contributed by atoms with E-state index in [1.807, 2.05) is 12.4 Å². The molecule has 1 saturated heterocycles. The minimum Gasteiger partial charge on any atom is -0.299 e. The van der Waals surface area contributed by atoms with E-state index in [0.717, 1.165) is 16.4 Å². The molecule has 0 radical (unpaired) electrons. The highest BCUT2D eigenvalue weighted by molar-refractivity contribution is 9.10. The first-order valence-corrected chi connectivity index (χ1v) is 7.87. The van der Waals surface area contributed by atoms with Gasteiger partial charge in [0.05, 0.1) is 0 Å². The lowest BCUT2D eigenvalue weighted by Gasteiger charge is -2.39. The molecule has 2 fully saturated rings. The minimum absolute atomic E-state index is 0.728. The standard InChI is InChI=1S/C15H21BrN2/c16-14-9-13(10-17-11-14)12-18-7-5-15(6-8-18)3-1-2-4-15/h9-11H,1-8,12H2. The van der Waals surface area contributed by atoms with Crippen molar-refractivity contribution in [3.8, 4) is 0 Å². The van der Waals surface area contributed by atoms with E-state index >= 15 is 0 Å². The second-order valence-corrected chi connectivity index (χ2v) is 6.91. The molecule has 2 nitrogen and oxygen atoms in total. The van der Waals surface area contributed by atoms with Crippen molar-refractivity contribution in [3.05, 3.63) is 28.5 Å². The van der Waals surface area contributed by atoms with Crippen LogP contribution in [-0.4, -0.2) is 23.0 Å². The van der Waals surface area contributed by atoms with E-state index in [0.29, 0.717) is 0 Å². The second-order valence-electron chi connectivity index (χ2n) is 5.99. The van der Waals surface area contributed by atoms with Crippen LogP contribution in [0.25, 0.3) is 0 Å². The summed E-state index contributed by atoms with van der Waals surface area (Å²) in [5.41, 5.74) is 2.05. The van der Waals surface area contributed by atoms with Crippen molar-refractivity contribution in [2.75, 3.05) is 13.1 Å². The molecule has 2 heterocycles. The third-order valence-corrected chi connectivity index (χ3v) is 5.18. The quantitative estimate of drug-likeness (QED) is 0.821. The molecule has 1 aromatic rings. The zero-order valence-electron chi connectivity index (χ0n) is 10.9. The van der Waals surface area contributed by atoms with E-state index in [2.05, 4.69) is 31.9 Å². The van der Waals surface area contributed by atoms with Crippen molar-refractivity contribution < 1.29 is 0 Å². The fourth-order valence-electron chi connectivity index (χ4n) is 3.61. The Morgan fingerprint density at radius 2 is 1.83 bits per heavy atom. The van der Waals surface area contributed by atoms with Crippen molar-refractivity contribution in [2.45, 2.75) is 45.1 Å². The first kappa shape index (κ1) is 12.6. The normalized spacial score (nSPS) is 23.6. The van der Waals surface area contributed by atoms with Gasteiger partial charge in [-0.1, -0.05) is 12.8 Å². The zero-order chi connectivity index (χ0) is 12.4. The Balaban J connectivity index is 1.57. The van der Waals surface area contributed by atoms with Gasteiger partial charge in [0.15, 0.2) is 0 Å². The summed E-state index contributed by atoms with van der Waals surface area (Å²) in [6.45, 7) is 3.60. The fourth-order valence-corrected chi connectivity index (χ4v) is 4.02. The predicted octanol–water partition coefficient (Wildman–Crippen LogP) is 4.00. The number of likely N-dealkylation sites (tertiary alicyclic amines) is 1. The molecule has 1 saturated carbocycles. The summed E-state index contributed by atoms with van der Waals surface area (Å²) < 4.78 is 1.09. The minimum atomic E-state index is 0.728. The van der Waals surface area contributed by atoms with Crippen molar-refractivity contribution >= 4 is 15.9 Å². The summed E-state index contributed by atoms with van der Waals surface area (Å²) in [6, 6.07) is 2.19. The monoisotopic (exact) mass is 308 g/mol. The SMILES string of the molecule is Brc1cncc(CN2CCC3(CCCC3)CC2)c1. The Kier molecular flexibility index (Phi) is 3.71. The number of piperidine rings is 1. The Morgan fingerprint density at radius 1 is 1.11 bits per heavy atom. The van der Waals surface area contributed by atoms with Crippen LogP contribution in [-0.2, 0) is 6.54 Å². The molecule has 1 aliphatic heterocycles. The number of rotatable bonds is 2. The lowest BCUT2D eigenvalue weighted by Crippen LogP contribution is -2.38. The third kappa shape index (κ3) is 2.77.